The number of aryl methyl sites for hydroxylation is 2. The normalized spacial score (nSPS) is 13.7. The fourth-order valence-electron chi connectivity index (χ4n) is 7.69. The summed E-state index contributed by atoms with van der Waals surface area (Å²) in [5, 5.41) is 24.2. The molecule has 71 heavy (non-hydrogen) atoms. The van der Waals surface area contributed by atoms with Gasteiger partial charge in [0.1, 0.15) is 16.2 Å². The van der Waals surface area contributed by atoms with Crippen LogP contribution in [0.3, 0.4) is 0 Å². The summed E-state index contributed by atoms with van der Waals surface area (Å²) in [5.74, 6) is -0.0848. The minimum Gasteiger partial charge on any atom is -0.494 e. The lowest BCUT2D eigenvalue weighted by Gasteiger charge is -2.14. The number of rotatable bonds is 17. The van der Waals surface area contributed by atoms with Gasteiger partial charge in [0.15, 0.2) is 17.1 Å². The lowest BCUT2D eigenvalue weighted by atomic mass is 10.0. The Kier molecular flexibility index (Phi) is 15.0. The van der Waals surface area contributed by atoms with Gasteiger partial charge in [-0.05, 0) is 122 Å². The second kappa shape index (κ2) is 21.2. The number of nitrogens with zero attached hydrogens (tertiary/aromatic N) is 6. The number of aromatic nitrogens is 6. The van der Waals surface area contributed by atoms with Crippen LogP contribution in [0.1, 0.15) is 83.2 Å². The van der Waals surface area contributed by atoms with E-state index in [2.05, 4.69) is 62.7 Å². The van der Waals surface area contributed by atoms with Crippen LogP contribution >= 0.6 is 15.9 Å². The number of fused-ring (bicyclic) bond motifs is 2. The molecule has 0 aliphatic heterocycles. The molecule has 4 aromatic heterocycles. The Morgan fingerprint density at radius 1 is 0.676 bits per heavy atom. The molecule has 2 aliphatic rings. The monoisotopic (exact) mass is 1050 g/mol. The van der Waals surface area contributed by atoms with Gasteiger partial charge < -0.3 is 31.3 Å². The highest BCUT2D eigenvalue weighted by Gasteiger charge is 2.28. The lowest BCUT2D eigenvalue weighted by Crippen LogP contribution is -2.26. The van der Waals surface area contributed by atoms with Crippen LogP contribution in [0.15, 0.2) is 83.7 Å². The number of nitrogens with one attached hydrogen (secondary N) is 5. The number of hydrogen-bond acceptors (Lipinski definition) is 10. The van der Waals surface area contributed by atoms with Gasteiger partial charge in [-0.25, -0.2) is 23.4 Å². The summed E-state index contributed by atoms with van der Waals surface area (Å²) in [7, 11) is 1.41. The molecule has 374 valence electrons. The van der Waals surface area contributed by atoms with Crippen LogP contribution in [0.4, 0.5) is 53.6 Å². The molecular formula is C49H49BrF7N11O3. The Morgan fingerprint density at radius 3 is 1.63 bits per heavy atom. The van der Waals surface area contributed by atoms with Crippen molar-refractivity contribution in [2.24, 2.45) is 0 Å². The molecule has 14 nitrogen and oxygen atoms in total. The van der Waals surface area contributed by atoms with Gasteiger partial charge in [-0.15, -0.1) is 5.10 Å². The largest absolute Gasteiger partial charge is 0.494 e. The first-order chi connectivity index (χ1) is 33.8. The number of benzene rings is 3. The predicted octanol–water partition coefficient (Wildman–Crippen LogP) is 11.4. The molecule has 22 heteroatoms. The van der Waals surface area contributed by atoms with Gasteiger partial charge in [0.25, 0.3) is 11.8 Å². The van der Waals surface area contributed by atoms with Gasteiger partial charge in [0.2, 0.25) is 0 Å². The molecule has 0 bridgehead atoms. The van der Waals surface area contributed by atoms with Crippen LogP contribution in [-0.2, 0) is 0 Å². The Balaban J connectivity index is 0.000000197. The minimum atomic E-state index is -4.25. The van der Waals surface area contributed by atoms with E-state index in [0.717, 1.165) is 47.9 Å². The van der Waals surface area contributed by atoms with E-state index < -0.39 is 31.0 Å². The first kappa shape index (κ1) is 50.4. The van der Waals surface area contributed by atoms with Crippen LogP contribution < -0.4 is 31.3 Å². The van der Waals surface area contributed by atoms with Crippen molar-refractivity contribution in [3.63, 3.8) is 0 Å². The van der Waals surface area contributed by atoms with E-state index in [9.17, 15) is 40.3 Å². The van der Waals surface area contributed by atoms with Crippen LogP contribution in [0.5, 0.6) is 5.75 Å². The molecule has 9 rings (SSSR count). The average molecular weight is 1050 g/mol. The zero-order valence-electron chi connectivity index (χ0n) is 38.7. The molecule has 5 N–H and O–H groups in total. The summed E-state index contributed by atoms with van der Waals surface area (Å²) in [6, 6.07) is 18.8. The van der Waals surface area contributed by atoms with E-state index in [1.165, 1.54) is 25.3 Å². The highest BCUT2D eigenvalue weighted by atomic mass is 79.9. The lowest BCUT2D eigenvalue weighted by molar-refractivity contribution is -0.135. The van der Waals surface area contributed by atoms with Crippen molar-refractivity contribution < 1.29 is 45.1 Å². The highest BCUT2D eigenvalue weighted by Crippen LogP contribution is 2.33. The summed E-state index contributed by atoms with van der Waals surface area (Å²) in [5.41, 5.74) is 8.16. The Morgan fingerprint density at radius 2 is 1.17 bits per heavy atom. The minimum absolute atomic E-state index is 0.0350. The molecule has 2 fully saturated rings. The third-order valence-electron chi connectivity index (χ3n) is 11.6. The van der Waals surface area contributed by atoms with E-state index in [-0.39, 0.29) is 55.6 Å². The van der Waals surface area contributed by atoms with E-state index >= 15 is 0 Å². The van der Waals surface area contributed by atoms with E-state index in [0.29, 0.717) is 61.3 Å². The number of hydrogen-bond donors (Lipinski definition) is 5. The molecule has 2 aliphatic carbocycles. The van der Waals surface area contributed by atoms with Crippen molar-refractivity contribution >= 4 is 61.9 Å². The highest BCUT2D eigenvalue weighted by molar-refractivity contribution is 9.10. The van der Waals surface area contributed by atoms with Crippen molar-refractivity contribution in [3.05, 3.63) is 112 Å². The maximum absolute atomic E-state index is 13.7. The zero-order valence-corrected chi connectivity index (χ0v) is 40.2. The number of carbonyl (C=O) groups is 2. The first-order valence-electron chi connectivity index (χ1n) is 22.8. The van der Waals surface area contributed by atoms with Crippen molar-refractivity contribution in [2.75, 3.05) is 36.1 Å². The van der Waals surface area contributed by atoms with Gasteiger partial charge in [-0.2, -0.15) is 31.4 Å². The summed E-state index contributed by atoms with van der Waals surface area (Å²) in [4.78, 5) is 33.9. The second-order valence-corrected chi connectivity index (χ2v) is 18.2. The zero-order chi connectivity index (χ0) is 50.6. The molecule has 0 saturated heterocycles. The Hall–Kier alpha value is -6.97. The molecule has 3 aromatic carbocycles. The number of imidazole rings is 2. The van der Waals surface area contributed by atoms with Gasteiger partial charge in [-0.3, -0.25) is 9.59 Å². The fourth-order valence-corrected chi connectivity index (χ4v) is 8.08. The van der Waals surface area contributed by atoms with E-state index in [1.807, 2.05) is 32.0 Å². The van der Waals surface area contributed by atoms with E-state index in [1.54, 1.807) is 51.8 Å². The number of carbonyl (C=O) groups excluding carboxylic acids is 2. The Labute approximate surface area is 411 Å². The molecule has 0 atom stereocenters. The number of methoxy groups -OCH3 is 1. The number of ether oxygens (including phenoxy) is 1. The molecule has 2 saturated carbocycles. The number of alkyl halides is 6. The summed E-state index contributed by atoms with van der Waals surface area (Å²) >= 11 is 3.36. The molecule has 0 unspecified atom stereocenters. The third kappa shape index (κ3) is 13.1. The van der Waals surface area contributed by atoms with Gasteiger partial charge in [-0.1, -0.05) is 12.1 Å². The maximum atomic E-state index is 13.7. The second-order valence-electron chi connectivity index (χ2n) is 17.4. The molecule has 2 amide bonds. The molecule has 7 aromatic rings. The first-order valence-corrected chi connectivity index (χ1v) is 23.6. The predicted molar refractivity (Wildman–Crippen MR) is 259 cm³/mol. The van der Waals surface area contributed by atoms with Crippen molar-refractivity contribution in [1.82, 2.24) is 39.8 Å². The topological polar surface area (TPSA) is 164 Å². The van der Waals surface area contributed by atoms with Crippen molar-refractivity contribution in [2.45, 2.75) is 89.7 Å². The fraction of sp³-hybridized carbons (Fsp3) is 0.347. The molecule has 0 spiro atoms. The van der Waals surface area contributed by atoms with Crippen molar-refractivity contribution in [1.29, 1.82) is 0 Å². The maximum Gasteiger partial charge on any atom is 0.389 e. The van der Waals surface area contributed by atoms with Crippen LogP contribution in [0.25, 0.3) is 33.8 Å². The molecular weight excluding hydrogens is 1000 g/mol. The van der Waals surface area contributed by atoms with E-state index in [4.69, 9.17) is 4.74 Å². The van der Waals surface area contributed by atoms with Crippen LogP contribution in [0, 0.1) is 19.7 Å². The van der Waals surface area contributed by atoms with Gasteiger partial charge in [0, 0.05) is 72.4 Å². The smallest absolute Gasteiger partial charge is 0.389 e. The standard InChI is InChI=1S/C28H28F4N6O2.C21H21BrF3N5O/c1-16-12-17(4-8-20(16)27(39)35-19-6-7-19)23-15-34-26-22(33-11-3-10-28(30,31)32)14-25(37-38(23)26)36-21-9-5-18(29)13-24(21)40-2;1-12-9-13(3-6-15(12)20(31)28-14-4-5-14)17-11-27-19-16(10-18(22)29-30(17)19)26-8-2-7-21(23,24)25/h4-5,8-9,12-15,19,33H,3,6-7,10-11H2,1-2H3,(H,35,39)(H,36,37);3,6,9-11,14,26H,2,4-5,7-8H2,1H3,(H,28,31). The van der Waals surface area contributed by atoms with Crippen LogP contribution in [-0.4, -0.2) is 85.6 Å². The number of halogens is 8. The summed E-state index contributed by atoms with van der Waals surface area (Å²) in [6.45, 7) is 3.96. The summed E-state index contributed by atoms with van der Waals surface area (Å²) < 4.78 is 97.9. The average Bonchev–Trinajstić information content (AvgIpc) is 4.23. The SMILES string of the molecule is COc1cc(F)ccc1Nc1cc(NCCCC(F)(F)F)c2ncc(-c3ccc(C(=O)NC4CC4)c(C)c3)n2n1.Cc1cc(-c2cnc3c(NCCCC(F)(F)F)cc(Br)nn23)ccc1C(=O)NC1CC1. The number of anilines is 4. The molecule has 0 radical (unpaired) electrons. The van der Waals surface area contributed by atoms with Gasteiger partial charge in [0.05, 0.1) is 48.0 Å². The summed E-state index contributed by atoms with van der Waals surface area (Å²) in [6.07, 6.45) is -3.03. The van der Waals surface area contributed by atoms with Gasteiger partial charge >= 0.3 is 12.4 Å². The van der Waals surface area contributed by atoms with Crippen molar-refractivity contribution in [3.8, 4) is 28.3 Å². The Bertz CT molecular complexity index is 3080. The molecule has 4 heterocycles. The third-order valence-corrected chi connectivity index (χ3v) is 12.0. The van der Waals surface area contributed by atoms with Crippen LogP contribution in [0.2, 0.25) is 0 Å². The number of amides is 2. The quantitative estimate of drug-likeness (QED) is 0.0438.